The molecular formula is C12H18ClNO. The molecule has 0 saturated carbocycles. The Balaban J connectivity index is 2.89. The van der Waals surface area contributed by atoms with Crippen molar-refractivity contribution in [3.63, 3.8) is 0 Å². The van der Waals surface area contributed by atoms with E-state index in [1.165, 1.54) is 0 Å². The second-order valence-electron chi connectivity index (χ2n) is 4.61. The maximum Gasteiger partial charge on any atom is 0.0621 e. The SMILES string of the molecule is CC(C)C(C)(CO)Cc1ccncc1Cl. The van der Waals surface area contributed by atoms with E-state index in [9.17, 15) is 5.11 Å². The molecule has 2 nitrogen and oxygen atoms in total. The van der Waals surface area contributed by atoms with Gasteiger partial charge in [-0.15, -0.1) is 0 Å². The molecule has 1 unspecified atom stereocenters. The molecule has 0 spiro atoms. The van der Waals surface area contributed by atoms with E-state index in [2.05, 4.69) is 25.8 Å². The highest BCUT2D eigenvalue weighted by atomic mass is 35.5. The minimum atomic E-state index is -0.120. The van der Waals surface area contributed by atoms with Gasteiger partial charge in [0, 0.05) is 19.0 Å². The van der Waals surface area contributed by atoms with E-state index in [0.717, 1.165) is 12.0 Å². The summed E-state index contributed by atoms with van der Waals surface area (Å²) in [5, 5.41) is 10.1. The summed E-state index contributed by atoms with van der Waals surface area (Å²) in [6.07, 6.45) is 4.16. The topological polar surface area (TPSA) is 33.1 Å². The lowest BCUT2D eigenvalue weighted by molar-refractivity contribution is 0.0947. The average Bonchev–Trinajstić information content (AvgIpc) is 2.21. The summed E-state index contributed by atoms with van der Waals surface area (Å²) in [6, 6.07) is 1.92. The Bertz CT molecular complexity index is 327. The van der Waals surface area contributed by atoms with E-state index in [4.69, 9.17) is 11.6 Å². The summed E-state index contributed by atoms with van der Waals surface area (Å²) in [5.74, 6) is 0.409. The second-order valence-corrected chi connectivity index (χ2v) is 5.02. The number of hydrogen-bond acceptors (Lipinski definition) is 2. The van der Waals surface area contributed by atoms with Gasteiger partial charge in [0.25, 0.3) is 0 Å². The van der Waals surface area contributed by atoms with Crippen LogP contribution in [-0.4, -0.2) is 16.7 Å². The number of aromatic nitrogens is 1. The minimum absolute atomic E-state index is 0.120. The van der Waals surface area contributed by atoms with Crippen molar-refractivity contribution in [1.29, 1.82) is 0 Å². The molecule has 0 radical (unpaired) electrons. The molecule has 0 bridgehead atoms. The van der Waals surface area contributed by atoms with Crippen LogP contribution in [0.25, 0.3) is 0 Å². The fourth-order valence-corrected chi connectivity index (χ4v) is 1.61. The van der Waals surface area contributed by atoms with Crippen molar-refractivity contribution in [2.45, 2.75) is 27.2 Å². The molecule has 0 aromatic carbocycles. The molecule has 1 aromatic heterocycles. The van der Waals surface area contributed by atoms with Crippen LogP contribution in [0, 0.1) is 11.3 Å². The van der Waals surface area contributed by atoms with E-state index in [-0.39, 0.29) is 12.0 Å². The van der Waals surface area contributed by atoms with Gasteiger partial charge in [0.1, 0.15) is 0 Å². The van der Waals surface area contributed by atoms with Crippen molar-refractivity contribution in [3.8, 4) is 0 Å². The molecule has 0 aliphatic carbocycles. The first-order valence-corrected chi connectivity index (χ1v) is 5.56. The molecule has 1 N–H and O–H groups in total. The van der Waals surface area contributed by atoms with Crippen LogP contribution in [0.2, 0.25) is 5.02 Å². The predicted octanol–water partition coefficient (Wildman–Crippen LogP) is 2.93. The number of pyridine rings is 1. The number of hydrogen-bond donors (Lipinski definition) is 1. The largest absolute Gasteiger partial charge is 0.396 e. The zero-order valence-electron chi connectivity index (χ0n) is 9.50. The minimum Gasteiger partial charge on any atom is -0.396 e. The number of aliphatic hydroxyl groups excluding tert-OH is 1. The third-order valence-electron chi connectivity index (χ3n) is 3.21. The molecule has 1 atom stereocenters. The van der Waals surface area contributed by atoms with Crippen LogP contribution in [0.15, 0.2) is 18.5 Å². The molecule has 0 aliphatic heterocycles. The number of rotatable bonds is 4. The maximum atomic E-state index is 9.45. The van der Waals surface area contributed by atoms with Gasteiger partial charge in [-0.1, -0.05) is 32.4 Å². The van der Waals surface area contributed by atoms with Crippen LogP contribution in [0.4, 0.5) is 0 Å². The summed E-state index contributed by atoms with van der Waals surface area (Å²) in [7, 11) is 0. The zero-order chi connectivity index (χ0) is 11.5. The van der Waals surface area contributed by atoms with Crippen LogP contribution in [-0.2, 0) is 6.42 Å². The molecule has 1 rings (SSSR count). The first-order valence-electron chi connectivity index (χ1n) is 5.19. The molecule has 15 heavy (non-hydrogen) atoms. The summed E-state index contributed by atoms with van der Waals surface area (Å²) in [5.41, 5.74) is 0.933. The van der Waals surface area contributed by atoms with Crippen molar-refractivity contribution in [2.75, 3.05) is 6.61 Å². The monoisotopic (exact) mass is 227 g/mol. The standard InChI is InChI=1S/C12H18ClNO/c1-9(2)12(3,8-15)6-10-4-5-14-7-11(10)13/h4-5,7,9,15H,6,8H2,1-3H3. The Kier molecular flexibility index (Phi) is 4.12. The van der Waals surface area contributed by atoms with E-state index >= 15 is 0 Å². The first-order chi connectivity index (χ1) is 6.99. The van der Waals surface area contributed by atoms with E-state index in [1.54, 1.807) is 12.4 Å². The molecule has 84 valence electrons. The van der Waals surface area contributed by atoms with Crippen LogP contribution in [0.5, 0.6) is 0 Å². The van der Waals surface area contributed by atoms with E-state index in [0.29, 0.717) is 10.9 Å². The molecule has 0 fully saturated rings. The molecule has 3 heteroatoms. The fourth-order valence-electron chi connectivity index (χ4n) is 1.43. The van der Waals surface area contributed by atoms with Crippen LogP contribution in [0.1, 0.15) is 26.3 Å². The van der Waals surface area contributed by atoms with Crippen molar-refractivity contribution >= 4 is 11.6 Å². The van der Waals surface area contributed by atoms with Gasteiger partial charge >= 0.3 is 0 Å². The van der Waals surface area contributed by atoms with Gasteiger partial charge in [-0.3, -0.25) is 4.98 Å². The highest BCUT2D eigenvalue weighted by Gasteiger charge is 2.28. The summed E-state index contributed by atoms with van der Waals surface area (Å²) in [4.78, 5) is 3.95. The van der Waals surface area contributed by atoms with Crippen LogP contribution < -0.4 is 0 Å². The Morgan fingerprint density at radius 1 is 1.53 bits per heavy atom. The van der Waals surface area contributed by atoms with Crippen molar-refractivity contribution in [2.24, 2.45) is 11.3 Å². The summed E-state index contributed by atoms with van der Waals surface area (Å²) >= 11 is 6.05. The van der Waals surface area contributed by atoms with E-state index < -0.39 is 0 Å². The third kappa shape index (κ3) is 2.93. The van der Waals surface area contributed by atoms with Gasteiger partial charge < -0.3 is 5.11 Å². The van der Waals surface area contributed by atoms with Gasteiger partial charge in [0.05, 0.1) is 5.02 Å². The van der Waals surface area contributed by atoms with Crippen LogP contribution >= 0.6 is 11.6 Å². The predicted molar refractivity (Wildman–Crippen MR) is 63.0 cm³/mol. The second kappa shape index (κ2) is 4.95. The Hall–Kier alpha value is -0.600. The number of nitrogens with zero attached hydrogens (tertiary/aromatic N) is 1. The Morgan fingerprint density at radius 3 is 2.67 bits per heavy atom. The van der Waals surface area contributed by atoms with Gasteiger partial charge in [-0.05, 0) is 29.4 Å². The molecular weight excluding hydrogens is 210 g/mol. The molecule has 0 amide bonds. The lowest BCUT2D eigenvalue weighted by Crippen LogP contribution is -2.30. The lowest BCUT2D eigenvalue weighted by Gasteiger charge is -2.32. The third-order valence-corrected chi connectivity index (χ3v) is 3.55. The molecule has 0 aliphatic rings. The van der Waals surface area contributed by atoms with Gasteiger partial charge in [-0.2, -0.15) is 0 Å². The van der Waals surface area contributed by atoms with Crippen molar-refractivity contribution < 1.29 is 5.11 Å². The highest BCUT2D eigenvalue weighted by Crippen LogP contribution is 2.32. The quantitative estimate of drug-likeness (QED) is 0.858. The van der Waals surface area contributed by atoms with Gasteiger partial charge in [0.15, 0.2) is 0 Å². The maximum absolute atomic E-state index is 9.45. The van der Waals surface area contributed by atoms with Crippen molar-refractivity contribution in [1.82, 2.24) is 4.98 Å². The van der Waals surface area contributed by atoms with Crippen molar-refractivity contribution in [3.05, 3.63) is 29.0 Å². The van der Waals surface area contributed by atoms with Crippen LogP contribution in [0.3, 0.4) is 0 Å². The molecule has 1 aromatic rings. The highest BCUT2D eigenvalue weighted by molar-refractivity contribution is 6.31. The van der Waals surface area contributed by atoms with Gasteiger partial charge in [0.2, 0.25) is 0 Å². The Labute approximate surface area is 96.3 Å². The molecule has 1 heterocycles. The average molecular weight is 228 g/mol. The van der Waals surface area contributed by atoms with E-state index in [1.807, 2.05) is 6.07 Å². The smallest absolute Gasteiger partial charge is 0.0621 e. The van der Waals surface area contributed by atoms with Gasteiger partial charge in [-0.25, -0.2) is 0 Å². The number of halogens is 1. The summed E-state index contributed by atoms with van der Waals surface area (Å²) < 4.78 is 0. The normalized spacial score (nSPS) is 15.3. The number of aliphatic hydroxyl groups is 1. The zero-order valence-corrected chi connectivity index (χ0v) is 10.3. The fraction of sp³-hybridized carbons (Fsp3) is 0.583. The molecule has 0 saturated heterocycles. The Morgan fingerprint density at radius 2 is 2.20 bits per heavy atom. The summed E-state index contributed by atoms with van der Waals surface area (Å²) in [6.45, 7) is 6.48. The first kappa shape index (κ1) is 12.5. The lowest BCUT2D eigenvalue weighted by atomic mass is 9.75.